The third kappa shape index (κ3) is 3.30. The SMILES string of the molecule is CN1CCC[C@H]1C(=O)NCCc1ccccc1. The lowest BCUT2D eigenvalue weighted by atomic mass is 10.1. The zero-order valence-corrected chi connectivity index (χ0v) is 10.4. The van der Waals surface area contributed by atoms with E-state index in [2.05, 4.69) is 22.3 Å². The molecule has 1 aliphatic rings. The first-order chi connectivity index (χ1) is 8.27. The Labute approximate surface area is 103 Å². The second-order valence-corrected chi connectivity index (χ2v) is 4.67. The molecule has 1 aliphatic heterocycles. The molecular formula is C14H20N2O. The van der Waals surface area contributed by atoms with Gasteiger partial charge >= 0.3 is 0 Å². The minimum atomic E-state index is 0.0887. The maximum Gasteiger partial charge on any atom is 0.237 e. The van der Waals surface area contributed by atoms with Crippen LogP contribution in [0.5, 0.6) is 0 Å². The lowest BCUT2D eigenvalue weighted by Crippen LogP contribution is -2.42. The number of rotatable bonds is 4. The number of hydrogen-bond donors (Lipinski definition) is 1. The van der Waals surface area contributed by atoms with E-state index in [0.717, 1.165) is 32.4 Å². The summed E-state index contributed by atoms with van der Waals surface area (Å²) in [6, 6.07) is 10.3. The van der Waals surface area contributed by atoms with Gasteiger partial charge in [0.05, 0.1) is 6.04 Å². The van der Waals surface area contributed by atoms with Crippen LogP contribution in [-0.2, 0) is 11.2 Å². The maximum atomic E-state index is 11.9. The van der Waals surface area contributed by atoms with E-state index in [4.69, 9.17) is 0 Å². The van der Waals surface area contributed by atoms with Crippen molar-refractivity contribution < 1.29 is 4.79 Å². The van der Waals surface area contributed by atoms with Crippen LogP contribution in [0.15, 0.2) is 30.3 Å². The largest absolute Gasteiger partial charge is 0.354 e. The first-order valence-corrected chi connectivity index (χ1v) is 6.29. The average Bonchev–Trinajstić information content (AvgIpc) is 2.77. The van der Waals surface area contributed by atoms with Crippen LogP contribution in [0.2, 0.25) is 0 Å². The van der Waals surface area contributed by atoms with Crippen molar-refractivity contribution in [2.45, 2.75) is 25.3 Å². The Morgan fingerprint density at radius 1 is 1.41 bits per heavy atom. The van der Waals surface area contributed by atoms with Crippen molar-refractivity contribution in [2.75, 3.05) is 20.1 Å². The Balaban J connectivity index is 1.73. The van der Waals surface area contributed by atoms with E-state index in [-0.39, 0.29) is 11.9 Å². The summed E-state index contributed by atoms with van der Waals surface area (Å²) in [6.45, 7) is 1.77. The van der Waals surface area contributed by atoms with Crippen molar-refractivity contribution in [1.82, 2.24) is 10.2 Å². The van der Waals surface area contributed by atoms with E-state index >= 15 is 0 Å². The molecule has 2 rings (SSSR count). The third-order valence-electron chi connectivity index (χ3n) is 3.38. The lowest BCUT2D eigenvalue weighted by molar-refractivity contribution is -0.125. The molecule has 0 aliphatic carbocycles. The molecule has 1 aromatic carbocycles. The van der Waals surface area contributed by atoms with E-state index in [1.165, 1.54) is 5.56 Å². The number of hydrogen-bond acceptors (Lipinski definition) is 2. The summed E-state index contributed by atoms with van der Waals surface area (Å²) < 4.78 is 0. The number of benzene rings is 1. The molecule has 0 bridgehead atoms. The number of carbonyl (C=O) groups excluding carboxylic acids is 1. The summed E-state index contributed by atoms with van der Waals surface area (Å²) in [7, 11) is 2.02. The van der Waals surface area contributed by atoms with Gasteiger partial charge in [0, 0.05) is 6.54 Å². The quantitative estimate of drug-likeness (QED) is 0.852. The highest BCUT2D eigenvalue weighted by molar-refractivity contribution is 5.81. The Morgan fingerprint density at radius 3 is 2.82 bits per heavy atom. The molecule has 1 amide bonds. The number of nitrogens with one attached hydrogen (secondary N) is 1. The van der Waals surface area contributed by atoms with Gasteiger partial charge < -0.3 is 5.32 Å². The normalized spacial score (nSPS) is 20.4. The Kier molecular flexibility index (Phi) is 4.15. The van der Waals surface area contributed by atoms with Crippen LogP contribution in [0.25, 0.3) is 0 Å². The zero-order valence-electron chi connectivity index (χ0n) is 10.4. The predicted octanol–water partition coefficient (Wildman–Crippen LogP) is 1.44. The van der Waals surface area contributed by atoms with Gasteiger partial charge in [0.2, 0.25) is 5.91 Å². The van der Waals surface area contributed by atoms with E-state index in [1.807, 2.05) is 25.2 Å². The molecule has 3 heteroatoms. The number of amides is 1. The fourth-order valence-corrected chi connectivity index (χ4v) is 2.33. The average molecular weight is 232 g/mol. The minimum absolute atomic E-state index is 0.0887. The van der Waals surface area contributed by atoms with Crippen molar-refractivity contribution in [3.05, 3.63) is 35.9 Å². The van der Waals surface area contributed by atoms with Gasteiger partial charge in [0.1, 0.15) is 0 Å². The van der Waals surface area contributed by atoms with E-state index < -0.39 is 0 Å². The minimum Gasteiger partial charge on any atom is -0.354 e. The smallest absolute Gasteiger partial charge is 0.237 e. The van der Waals surface area contributed by atoms with E-state index in [1.54, 1.807) is 0 Å². The van der Waals surface area contributed by atoms with Crippen molar-refractivity contribution >= 4 is 5.91 Å². The highest BCUT2D eigenvalue weighted by Crippen LogP contribution is 2.14. The van der Waals surface area contributed by atoms with Gasteiger partial charge in [-0.25, -0.2) is 0 Å². The number of likely N-dealkylation sites (N-methyl/N-ethyl adjacent to an activating group) is 1. The molecule has 1 heterocycles. The van der Waals surface area contributed by atoms with Gasteiger partial charge in [-0.1, -0.05) is 30.3 Å². The van der Waals surface area contributed by atoms with Gasteiger partial charge in [-0.3, -0.25) is 9.69 Å². The van der Waals surface area contributed by atoms with Gasteiger partial charge in [0.25, 0.3) is 0 Å². The fraction of sp³-hybridized carbons (Fsp3) is 0.500. The topological polar surface area (TPSA) is 32.3 Å². The zero-order chi connectivity index (χ0) is 12.1. The van der Waals surface area contributed by atoms with Crippen molar-refractivity contribution in [2.24, 2.45) is 0 Å². The molecule has 3 nitrogen and oxygen atoms in total. The standard InChI is InChI=1S/C14H20N2O/c1-16-11-5-8-13(16)14(17)15-10-9-12-6-3-2-4-7-12/h2-4,6-7,13H,5,8-11H2,1H3,(H,15,17)/t13-/m0/s1. The molecule has 0 spiro atoms. The molecule has 1 aromatic rings. The summed E-state index contributed by atoms with van der Waals surface area (Å²) in [5.41, 5.74) is 1.27. The number of carbonyl (C=O) groups is 1. The molecule has 0 aromatic heterocycles. The molecule has 1 saturated heterocycles. The predicted molar refractivity (Wildman–Crippen MR) is 68.8 cm³/mol. The molecule has 92 valence electrons. The van der Waals surface area contributed by atoms with Crippen LogP contribution < -0.4 is 5.32 Å². The first-order valence-electron chi connectivity index (χ1n) is 6.29. The summed E-state index contributed by atoms with van der Waals surface area (Å²) >= 11 is 0. The monoisotopic (exact) mass is 232 g/mol. The van der Waals surface area contributed by atoms with Crippen molar-refractivity contribution in [3.63, 3.8) is 0 Å². The van der Waals surface area contributed by atoms with Gasteiger partial charge in [-0.2, -0.15) is 0 Å². The van der Waals surface area contributed by atoms with Crippen LogP contribution in [0.3, 0.4) is 0 Å². The van der Waals surface area contributed by atoms with Crippen LogP contribution in [0.1, 0.15) is 18.4 Å². The molecule has 1 fully saturated rings. The van der Waals surface area contributed by atoms with Gasteiger partial charge in [-0.15, -0.1) is 0 Å². The van der Waals surface area contributed by atoms with Crippen LogP contribution >= 0.6 is 0 Å². The van der Waals surface area contributed by atoms with Crippen molar-refractivity contribution in [1.29, 1.82) is 0 Å². The maximum absolute atomic E-state index is 11.9. The highest BCUT2D eigenvalue weighted by atomic mass is 16.2. The summed E-state index contributed by atoms with van der Waals surface area (Å²) in [5.74, 6) is 0.181. The lowest BCUT2D eigenvalue weighted by Gasteiger charge is -2.18. The van der Waals surface area contributed by atoms with Crippen LogP contribution in [-0.4, -0.2) is 37.0 Å². The molecule has 0 radical (unpaired) electrons. The molecular weight excluding hydrogens is 212 g/mol. The number of likely N-dealkylation sites (tertiary alicyclic amines) is 1. The summed E-state index contributed by atoms with van der Waals surface area (Å²) in [5, 5.41) is 3.02. The Bertz CT molecular complexity index is 364. The molecule has 0 saturated carbocycles. The second kappa shape index (κ2) is 5.82. The van der Waals surface area contributed by atoms with Gasteiger partial charge in [-0.05, 0) is 38.4 Å². The van der Waals surface area contributed by atoms with Crippen LogP contribution in [0.4, 0.5) is 0 Å². The highest BCUT2D eigenvalue weighted by Gasteiger charge is 2.27. The first kappa shape index (κ1) is 12.1. The van der Waals surface area contributed by atoms with Gasteiger partial charge in [0.15, 0.2) is 0 Å². The van der Waals surface area contributed by atoms with Crippen LogP contribution in [0, 0.1) is 0 Å². The van der Waals surface area contributed by atoms with E-state index in [0.29, 0.717) is 0 Å². The Morgan fingerprint density at radius 2 is 2.18 bits per heavy atom. The summed E-state index contributed by atoms with van der Waals surface area (Å²) in [4.78, 5) is 14.0. The van der Waals surface area contributed by atoms with Crippen molar-refractivity contribution in [3.8, 4) is 0 Å². The molecule has 0 unspecified atom stereocenters. The Hall–Kier alpha value is -1.35. The fourth-order valence-electron chi connectivity index (χ4n) is 2.33. The number of nitrogens with zero attached hydrogens (tertiary/aromatic N) is 1. The molecule has 1 N–H and O–H groups in total. The van der Waals surface area contributed by atoms with E-state index in [9.17, 15) is 4.79 Å². The molecule has 1 atom stereocenters. The summed E-state index contributed by atoms with van der Waals surface area (Å²) in [6.07, 6.45) is 3.03. The second-order valence-electron chi connectivity index (χ2n) is 4.67. The third-order valence-corrected chi connectivity index (χ3v) is 3.38. The molecule has 17 heavy (non-hydrogen) atoms.